The van der Waals surface area contributed by atoms with Crippen molar-refractivity contribution < 1.29 is 14.0 Å². The Morgan fingerprint density at radius 3 is 2.08 bits per heavy atom. The van der Waals surface area contributed by atoms with Gasteiger partial charge in [0.15, 0.2) is 0 Å². The zero-order valence-electron chi connectivity index (χ0n) is 23.8. The van der Waals surface area contributed by atoms with Crippen LogP contribution in [0.4, 0.5) is 10.6 Å². The zero-order chi connectivity index (χ0) is 29.0. The molecular weight excluding hydrogens is 573 g/mol. The SMILES string of the molecule is CC(C)[Si](OC1=C[C@@H](C)N(C(=O)OCC(Cl)(Cl)Cl)N(c2ccccn2)[C@H]1Cc1ccccc1)(C(C)C)C(C)C. The number of pyridine rings is 1. The van der Waals surface area contributed by atoms with Crippen molar-refractivity contribution in [1.82, 2.24) is 9.99 Å². The van der Waals surface area contributed by atoms with Crippen LogP contribution >= 0.6 is 34.8 Å². The molecule has 3 rings (SSSR count). The number of amides is 1. The van der Waals surface area contributed by atoms with Crippen molar-refractivity contribution in [2.45, 2.75) is 87.4 Å². The van der Waals surface area contributed by atoms with Crippen molar-refractivity contribution in [2.24, 2.45) is 0 Å². The first-order valence-electron chi connectivity index (χ1n) is 13.5. The van der Waals surface area contributed by atoms with Crippen molar-refractivity contribution in [3.63, 3.8) is 0 Å². The van der Waals surface area contributed by atoms with Crippen LogP contribution in [0.1, 0.15) is 54.0 Å². The third kappa shape index (κ3) is 7.43. The van der Waals surface area contributed by atoms with E-state index in [0.29, 0.717) is 28.9 Å². The second kappa shape index (κ2) is 13.2. The molecule has 0 spiro atoms. The molecule has 1 aliphatic heterocycles. The Labute approximate surface area is 249 Å². The molecule has 10 heteroatoms. The molecule has 214 valence electrons. The number of hydrazine groups is 1. The van der Waals surface area contributed by atoms with Gasteiger partial charge < -0.3 is 9.16 Å². The first-order chi connectivity index (χ1) is 18.3. The number of rotatable bonds is 9. The van der Waals surface area contributed by atoms with E-state index in [-0.39, 0.29) is 12.6 Å². The van der Waals surface area contributed by atoms with Gasteiger partial charge in [-0.1, -0.05) is 113 Å². The molecule has 0 fully saturated rings. The molecule has 1 aromatic carbocycles. The van der Waals surface area contributed by atoms with E-state index in [9.17, 15) is 4.79 Å². The highest BCUT2D eigenvalue weighted by Crippen LogP contribution is 2.45. The Bertz CT molecular complexity index is 1090. The third-order valence-electron chi connectivity index (χ3n) is 7.35. The van der Waals surface area contributed by atoms with E-state index in [0.717, 1.165) is 11.3 Å². The number of carbonyl (C=O) groups is 1. The molecule has 0 N–H and O–H groups in total. The monoisotopic (exact) mass is 611 g/mol. The van der Waals surface area contributed by atoms with Crippen molar-refractivity contribution in [1.29, 1.82) is 0 Å². The number of halogens is 3. The minimum Gasteiger partial charge on any atom is -0.544 e. The molecule has 1 aliphatic rings. The lowest BCUT2D eigenvalue weighted by atomic mass is 10.0. The van der Waals surface area contributed by atoms with E-state index in [1.807, 2.05) is 54.4 Å². The van der Waals surface area contributed by atoms with Gasteiger partial charge in [-0.15, -0.1) is 0 Å². The number of hydrogen-bond acceptors (Lipinski definition) is 5. The summed E-state index contributed by atoms with van der Waals surface area (Å²) in [5.41, 5.74) is 2.23. The predicted octanol–water partition coefficient (Wildman–Crippen LogP) is 8.70. The molecule has 1 aromatic heterocycles. The van der Waals surface area contributed by atoms with Gasteiger partial charge in [-0.2, -0.15) is 0 Å². The topological polar surface area (TPSA) is 54.9 Å². The van der Waals surface area contributed by atoms with Crippen LogP contribution in [-0.2, 0) is 15.6 Å². The maximum absolute atomic E-state index is 13.6. The summed E-state index contributed by atoms with van der Waals surface area (Å²) in [6.45, 7) is 15.1. The molecule has 0 unspecified atom stereocenters. The van der Waals surface area contributed by atoms with E-state index >= 15 is 0 Å². The van der Waals surface area contributed by atoms with E-state index in [2.05, 4.69) is 58.7 Å². The average Bonchev–Trinajstić information content (AvgIpc) is 2.86. The Morgan fingerprint density at radius 2 is 1.56 bits per heavy atom. The van der Waals surface area contributed by atoms with Crippen LogP contribution < -0.4 is 5.01 Å². The molecule has 0 saturated heterocycles. The fraction of sp³-hybridized carbons (Fsp3) is 0.517. The Kier molecular flexibility index (Phi) is 10.7. The fourth-order valence-corrected chi connectivity index (χ4v) is 11.3. The predicted molar refractivity (Wildman–Crippen MR) is 164 cm³/mol. The van der Waals surface area contributed by atoms with E-state index in [1.165, 1.54) is 0 Å². The molecule has 2 atom stereocenters. The smallest absolute Gasteiger partial charge is 0.429 e. The van der Waals surface area contributed by atoms with E-state index in [4.69, 9.17) is 44.0 Å². The summed E-state index contributed by atoms with van der Waals surface area (Å²) in [4.78, 5) is 18.2. The van der Waals surface area contributed by atoms with Crippen LogP contribution in [0.3, 0.4) is 0 Å². The van der Waals surface area contributed by atoms with Gasteiger partial charge in [0, 0.05) is 12.6 Å². The summed E-state index contributed by atoms with van der Waals surface area (Å²) in [6, 6.07) is 15.0. The minimum absolute atomic E-state index is 0.359. The average molecular weight is 613 g/mol. The summed E-state index contributed by atoms with van der Waals surface area (Å²) in [5, 5.41) is 3.43. The molecule has 6 nitrogen and oxygen atoms in total. The van der Waals surface area contributed by atoms with Gasteiger partial charge in [-0.05, 0) is 47.3 Å². The van der Waals surface area contributed by atoms with E-state index < -0.39 is 24.2 Å². The standard InChI is InChI=1S/C29H40Cl3N3O3Si/c1-20(2)39(21(3)4,22(5)6)38-26-17-23(7)34(28(36)37-19-29(30,31)32)35(27-15-11-12-16-33-27)25(26)18-24-13-9-8-10-14-24/h8-17,20-23,25H,18-19H2,1-7H3/t23-,25+/m1/s1. The second-order valence-electron chi connectivity index (χ2n) is 11.0. The number of anilines is 1. The maximum Gasteiger partial charge on any atom is 0.429 e. The normalized spacial score (nSPS) is 18.5. The minimum atomic E-state index is -2.33. The first-order valence-corrected chi connectivity index (χ1v) is 16.7. The highest BCUT2D eigenvalue weighted by Gasteiger charge is 2.50. The number of alkyl halides is 3. The number of aromatic nitrogens is 1. The Balaban J connectivity index is 2.18. The van der Waals surface area contributed by atoms with E-state index in [1.54, 1.807) is 11.2 Å². The molecule has 0 saturated carbocycles. The van der Waals surface area contributed by atoms with Crippen LogP contribution in [-0.4, -0.2) is 46.9 Å². The zero-order valence-corrected chi connectivity index (χ0v) is 27.0. The molecule has 2 aromatic rings. The van der Waals surface area contributed by atoms with Gasteiger partial charge in [-0.25, -0.2) is 14.8 Å². The summed E-state index contributed by atoms with van der Waals surface area (Å²) >= 11 is 17.7. The summed E-state index contributed by atoms with van der Waals surface area (Å²) in [5.74, 6) is 1.45. The summed E-state index contributed by atoms with van der Waals surface area (Å²) in [6.07, 6.45) is 3.70. The third-order valence-corrected chi connectivity index (χ3v) is 13.7. The van der Waals surface area contributed by atoms with Crippen molar-refractivity contribution in [3.05, 3.63) is 72.1 Å². The molecule has 0 aliphatic carbocycles. The lowest BCUT2D eigenvalue weighted by molar-refractivity contribution is 0.0798. The van der Waals surface area contributed by atoms with Crippen molar-refractivity contribution in [2.75, 3.05) is 11.6 Å². The maximum atomic E-state index is 13.6. The lowest BCUT2D eigenvalue weighted by Gasteiger charge is -2.50. The van der Waals surface area contributed by atoms with Crippen LogP contribution in [0.25, 0.3) is 0 Å². The quantitative estimate of drug-likeness (QED) is 0.209. The fourth-order valence-electron chi connectivity index (χ4n) is 5.79. The number of nitrogens with zero attached hydrogens (tertiary/aromatic N) is 3. The number of hydrogen-bond donors (Lipinski definition) is 0. The molecule has 1 amide bonds. The van der Waals surface area contributed by atoms with Crippen molar-refractivity contribution in [3.8, 4) is 0 Å². The lowest BCUT2D eigenvalue weighted by Crippen LogP contribution is -2.61. The van der Waals surface area contributed by atoms with Crippen LogP contribution in [0.5, 0.6) is 0 Å². The first kappa shape index (κ1) is 31.6. The van der Waals surface area contributed by atoms with Gasteiger partial charge in [0.25, 0.3) is 8.32 Å². The Morgan fingerprint density at radius 1 is 0.974 bits per heavy atom. The van der Waals surface area contributed by atoms with Gasteiger partial charge in [-0.3, -0.25) is 5.01 Å². The Hall–Kier alpha value is -1.93. The molecular formula is C29H40Cl3N3O3Si. The van der Waals surface area contributed by atoms with Crippen molar-refractivity contribution >= 4 is 55.0 Å². The molecule has 39 heavy (non-hydrogen) atoms. The highest BCUT2D eigenvalue weighted by molar-refractivity contribution is 6.77. The largest absolute Gasteiger partial charge is 0.544 e. The second-order valence-corrected chi connectivity index (χ2v) is 18.9. The summed E-state index contributed by atoms with van der Waals surface area (Å²) < 4.78 is 11.1. The van der Waals surface area contributed by atoms with Gasteiger partial charge in [0.2, 0.25) is 3.79 Å². The van der Waals surface area contributed by atoms with Crippen LogP contribution in [0.15, 0.2) is 66.6 Å². The van der Waals surface area contributed by atoms with Gasteiger partial charge >= 0.3 is 6.09 Å². The van der Waals surface area contributed by atoms with Crippen LogP contribution in [0, 0.1) is 0 Å². The number of benzene rings is 1. The molecule has 2 heterocycles. The number of carbonyl (C=O) groups excluding carboxylic acids is 1. The molecule has 0 radical (unpaired) electrons. The highest BCUT2D eigenvalue weighted by atomic mass is 35.6. The molecule has 0 bridgehead atoms. The van der Waals surface area contributed by atoms with Gasteiger partial charge in [0.05, 0.1) is 6.04 Å². The number of ether oxygens (including phenoxy) is 1. The summed E-state index contributed by atoms with van der Waals surface area (Å²) in [7, 11) is -2.33. The van der Waals surface area contributed by atoms with Gasteiger partial charge in [0.1, 0.15) is 24.2 Å². The van der Waals surface area contributed by atoms with Crippen LogP contribution in [0.2, 0.25) is 16.6 Å².